The van der Waals surface area contributed by atoms with Gasteiger partial charge in [0.25, 0.3) is 5.91 Å². The third-order valence-corrected chi connectivity index (χ3v) is 5.75. The van der Waals surface area contributed by atoms with E-state index >= 15 is 0 Å². The largest absolute Gasteiger partial charge is 0.431 e. The lowest BCUT2D eigenvalue weighted by Gasteiger charge is -2.26. The molecule has 12 heteroatoms. The second-order valence-electron chi connectivity index (χ2n) is 8.11. The van der Waals surface area contributed by atoms with E-state index in [9.17, 15) is 32.4 Å². The van der Waals surface area contributed by atoms with E-state index in [2.05, 4.69) is 10.1 Å². The molecule has 3 rings (SSSR count). The molecular formula is C21H22F4N3O5+. The van der Waals surface area contributed by atoms with E-state index < -0.39 is 59.4 Å². The molecule has 1 aliphatic rings. The zero-order chi connectivity index (χ0) is 24.7. The SMILES string of the molecule is C[C@H]1[C@H](c2ccc(F)c(F)c2OC(F)F)[C@H](C(=O)Nc2cc[n+](O)c(C(N)=O)c2)OC1(C)C. The number of nitrogens with zero attached hydrogens (tertiary/aromatic N) is 1. The second kappa shape index (κ2) is 8.85. The van der Waals surface area contributed by atoms with Crippen molar-refractivity contribution < 1.29 is 46.6 Å². The van der Waals surface area contributed by atoms with Crippen LogP contribution in [0.5, 0.6) is 5.75 Å². The Morgan fingerprint density at radius 2 is 1.94 bits per heavy atom. The smallest absolute Gasteiger partial charge is 0.387 e. The zero-order valence-corrected chi connectivity index (χ0v) is 17.8. The normalized spacial score (nSPS) is 21.8. The molecule has 0 spiro atoms. The van der Waals surface area contributed by atoms with Gasteiger partial charge in [-0.05, 0) is 25.8 Å². The number of carbonyl (C=O) groups excluding carboxylic acids is 2. The Kier molecular flexibility index (Phi) is 6.50. The molecule has 0 radical (unpaired) electrons. The molecule has 1 aromatic heterocycles. The summed E-state index contributed by atoms with van der Waals surface area (Å²) in [6, 6.07) is 4.21. The van der Waals surface area contributed by atoms with Crippen molar-refractivity contribution in [2.75, 3.05) is 5.32 Å². The monoisotopic (exact) mass is 472 g/mol. The van der Waals surface area contributed by atoms with Gasteiger partial charge in [-0.1, -0.05) is 13.0 Å². The first kappa shape index (κ1) is 24.2. The zero-order valence-electron chi connectivity index (χ0n) is 17.8. The number of nitrogens with one attached hydrogen (secondary N) is 1. The van der Waals surface area contributed by atoms with E-state index in [4.69, 9.17) is 10.5 Å². The number of hydrogen-bond donors (Lipinski definition) is 3. The molecule has 1 fully saturated rings. The number of primary amides is 1. The molecule has 0 aliphatic carbocycles. The topological polar surface area (TPSA) is 115 Å². The van der Waals surface area contributed by atoms with Gasteiger partial charge >= 0.3 is 18.2 Å². The molecule has 1 aliphatic heterocycles. The van der Waals surface area contributed by atoms with Crippen LogP contribution in [0.15, 0.2) is 30.5 Å². The van der Waals surface area contributed by atoms with Crippen LogP contribution < -0.4 is 20.5 Å². The van der Waals surface area contributed by atoms with Crippen molar-refractivity contribution in [1.82, 2.24) is 0 Å². The van der Waals surface area contributed by atoms with Crippen LogP contribution in [-0.2, 0) is 9.53 Å². The third kappa shape index (κ3) is 4.70. The molecular weight excluding hydrogens is 450 g/mol. The molecule has 1 aromatic carbocycles. The fourth-order valence-electron chi connectivity index (χ4n) is 3.84. The molecule has 2 aromatic rings. The predicted octanol–water partition coefficient (Wildman–Crippen LogP) is 2.73. The lowest BCUT2D eigenvalue weighted by Crippen LogP contribution is -2.40. The highest BCUT2D eigenvalue weighted by Gasteiger charge is 2.52. The minimum Gasteiger partial charge on any atom is -0.431 e. The number of halogens is 4. The number of amides is 2. The van der Waals surface area contributed by atoms with Gasteiger partial charge in [-0.25, -0.2) is 4.39 Å². The molecule has 0 bridgehead atoms. The average molecular weight is 472 g/mol. The van der Waals surface area contributed by atoms with Gasteiger partial charge in [-0.15, -0.1) is 0 Å². The maximum atomic E-state index is 14.4. The van der Waals surface area contributed by atoms with Gasteiger partial charge in [-0.2, -0.15) is 13.2 Å². The number of anilines is 1. The van der Waals surface area contributed by atoms with Crippen molar-refractivity contribution in [3.63, 3.8) is 0 Å². The van der Waals surface area contributed by atoms with Crippen molar-refractivity contribution in [3.05, 3.63) is 53.4 Å². The standard InChI is InChI=1S/C21H21F4N3O5/c1-9-14(11-4-5-12(22)15(23)16(11)32-20(24)25)17(33-21(9,2)3)19(30)27-10-6-7-28(31)13(8-10)18(26)29/h4-9,14,17,20,31H,1-3H3,(H2,26,29)/p+1/t9-,14+,17+/m0/s1. The second-order valence-corrected chi connectivity index (χ2v) is 8.11. The van der Waals surface area contributed by atoms with Crippen LogP contribution in [0.1, 0.15) is 42.7 Å². The van der Waals surface area contributed by atoms with Crippen molar-refractivity contribution in [1.29, 1.82) is 0 Å². The fraction of sp³-hybridized carbons (Fsp3) is 0.381. The maximum Gasteiger partial charge on any atom is 0.387 e. The summed E-state index contributed by atoms with van der Waals surface area (Å²) in [4.78, 5) is 24.5. The molecule has 178 valence electrons. The molecule has 1 saturated heterocycles. The van der Waals surface area contributed by atoms with E-state index in [1.807, 2.05) is 0 Å². The van der Waals surface area contributed by atoms with Crippen LogP contribution in [0.4, 0.5) is 23.2 Å². The summed E-state index contributed by atoms with van der Waals surface area (Å²) in [6.07, 6.45) is -0.252. The minimum absolute atomic E-state index is 0.0770. The summed E-state index contributed by atoms with van der Waals surface area (Å²) in [7, 11) is 0. The van der Waals surface area contributed by atoms with Gasteiger partial charge < -0.3 is 20.5 Å². The van der Waals surface area contributed by atoms with Crippen LogP contribution in [-0.4, -0.2) is 35.3 Å². The first-order valence-electron chi connectivity index (χ1n) is 9.79. The first-order valence-corrected chi connectivity index (χ1v) is 9.79. The number of nitrogens with two attached hydrogens (primary N) is 1. The number of alkyl halides is 2. The van der Waals surface area contributed by atoms with Crippen LogP contribution in [0.3, 0.4) is 0 Å². The number of benzene rings is 1. The van der Waals surface area contributed by atoms with Gasteiger partial charge in [0.2, 0.25) is 12.0 Å². The van der Waals surface area contributed by atoms with Crippen molar-refractivity contribution >= 4 is 17.5 Å². The number of pyridine rings is 1. The summed E-state index contributed by atoms with van der Waals surface area (Å²) < 4.78 is 64.6. The Labute approximate surface area is 185 Å². The van der Waals surface area contributed by atoms with Gasteiger partial charge in [-0.3, -0.25) is 14.8 Å². The highest BCUT2D eigenvalue weighted by Crippen LogP contribution is 2.49. The van der Waals surface area contributed by atoms with E-state index in [0.717, 1.165) is 24.4 Å². The molecule has 2 amide bonds. The Bertz CT molecular complexity index is 1100. The van der Waals surface area contributed by atoms with Gasteiger partial charge in [0, 0.05) is 28.3 Å². The number of aromatic nitrogens is 1. The van der Waals surface area contributed by atoms with Crippen LogP contribution in [0.25, 0.3) is 0 Å². The molecule has 33 heavy (non-hydrogen) atoms. The van der Waals surface area contributed by atoms with Crippen molar-refractivity contribution in [2.45, 2.75) is 45.0 Å². The summed E-state index contributed by atoms with van der Waals surface area (Å²) in [5, 5.41) is 12.1. The fourth-order valence-corrected chi connectivity index (χ4v) is 3.84. The summed E-state index contributed by atoms with van der Waals surface area (Å²) in [5.74, 6) is -7.23. The summed E-state index contributed by atoms with van der Waals surface area (Å²) >= 11 is 0. The number of carbonyl (C=O) groups is 2. The summed E-state index contributed by atoms with van der Waals surface area (Å²) in [5.41, 5.74) is 3.81. The molecule has 8 nitrogen and oxygen atoms in total. The molecule has 4 N–H and O–H groups in total. The van der Waals surface area contributed by atoms with Crippen LogP contribution >= 0.6 is 0 Å². The Morgan fingerprint density at radius 3 is 2.55 bits per heavy atom. The predicted molar refractivity (Wildman–Crippen MR) is 105 cm³/mol. The highest BCUT2D eigenvalue weighted by molar-refractivity contribution is 5.97. The van der Waals surface area contributed by atoms with Gasteiger partial charge in [0.1, 0.15) is 6.10 Å². The van der Waals surface area contributed by atoms with Crippen molar-refractivity contribution in [2.24, 2.45) is 11.7 Å². The molecule has 2 heterocycles. The number of rotatable bonds is 6. The van der Waals surface area contributed by atoms with Crippen LogP contribution in [0, 0.1) is 17.6 Å². The Morgan fingerprint density at radius 1 is 1.27 bits per heavy atom. The molecule has 3 atom stereocenters. The highest BCUT2D eigenvalue weighted by atomic mass is 19.3. The number of ether oxygens (including phenoxy) is 2. The Hall–Kier alpha value is -3.41. The lowest BCUT2D eigenvalue weighted by molar-refractivity contribution is -0.905. The van der Waals surface area contributed by atoms with E-state index in [-0.39, 0.29) is 16.9 Å². The van der Waals surface area contributed by atoms with Crippen molar-refractivity contribution in [3.8, 4) is 5.75 Å². The molecule has 0 saturated carbocycles. The van der Waals surface area contributed by atoms with E-state index in [1.54, 1.807) is 20.8 Å². The van der Waals surface area contributed by atoms with E-state index in [0.29, 0.717) is 4.73 Å². The first-order chi connectivity index (χ1) is 15.3. The Balaban J connectivity index is 2.02. The maximum absolute atomic E-state index is 14.4. The number of hydrogen-bond acceptors (Lipinski definition) is 5. The average Bonchev–Trinajstić information content (AvgIpc) is 2.96. The quantitative estimate of drug-likeness (QED) is 0.340. The van der Waals surface area contributed by atoms with Gasteiger partial charge in [0.05, 0.1) is 11.3 Å². The van der Waals surface area contributed by atoms with Gasteiger partial charge in [0.15, 0.2) is 11.6 Å². The lowest BCUT2D eigenvalue weighted by atomic mass is 9.78. The summed E-state index contributed by atoms with van der Waals surface area (Å²) in [6.45, 7) is 1.56. The minimum atomic E-state index is -3.43. The third-order valence-electron chi connectivity index (χ3n) is 5.75. The van der Waals surface area contributed by atoms with Crippen LogP contribution in [0.2, 0.25) is 0 Å². The van der Waals surface area contributed by atoms with E-state index in [1.165, 1.54) is 6.07 Å². The molecule has 0 unspecified atom stereocenters.